The van der Waals surface area contributed by atoms with E-state index in [1.54, 1.807) is 11.3 Å². The molecule has 0 aliphatic rings. The minimum atomic E-state index is 0.784. The molecule has 170 valence electrons. The van der Waals surface area contributed by atoms with Gasteiger partial charge in [-0.05, 0) is 54.7 Å². The maximum atomic E-state index is 4.97. The second kappa shape index (κ2) is 9.59. The summed E-state index contributed by atoms with van der Waals surface area (Å²) in [6.07, 6.45) is 7.63. The molecule has 5 aromatic heterocycles. The number of nitrogens with zero attached hydrogens (tertiary/aromatic N) is 3. The zero-order valence-corrected chi connectivity index (χ0v) is 20.0. The van der Waals surface area contributed by atoms with Gasteiger partial charge < -0.3 is 10.3 Å². The molecule has 0 amide bonds. The van der Waals surface area contributed by atoms with Crippen LogP contribution in [0.4, 0.5) is 0 Å². The van der Waals surface area contributed by atoms with Crippen LogP contribution < -0.4 is 5.32 Å². The third-order valence-corrected chi connectivity index (χ3v) is 6.61. The second-order valence-corrected chi connectivity index (χ2v) is 8.99. The fourth-order valence-electron chi connectivity index (χ4n) is 4.06. The van der Waals surface area contributed by atoms with Gasteiger partial charge >= 0.3 is 0 Å². The van der Waals surface area contributed by atoms with E-state index < -0.39 is 0 Å². The SMILES string of the molecule is C=C/C=C(/c1cccs1)c1cc(-c2n[nH]c3ccc(-c4cncc(CNCC)c4)nc23)[nH]c1C. The number of fused-ring (bicyclic) bond motifs is 1. The zero-order chi connectivity index (χ0) is 23.5. The van der Waals surface area contributed by atoms with Crippen LogP contribution in [0.1, 0.15) is 28.6 Å². The number of thiophene rings is 1. The van der Waals surface area contributed by atoms with Crippen molar-refractivity contribution in [1.82, 2.24) is 30.5 Å². The van der Waals surface area contributed by atoms with E-state index in [0.29, 0.717) is 0 Å². The van der Waals surface area contributed by atoms with Gasteiger partial charge in [0, 0.05) is 46.2 Å². The van der Waals surface area contributed by atoms with Gasteiger partial charge in [0.25, 0.3) is 0 Å². The van der Waals surface area contributed by atoms with Gasteiger partial charge in [-0.3, -0.25) is 10.1 Å². The van der Waals surface area contributed by atoms with Crippen LogP contribution in [-0.2, 0) is 6.54 Å². The summed E-state index contributed by atoms with van der Waals surface area (Å²) in [6.45, 7) is 9.78. The van der Waals surface area contributed by atoms with Gasteiger partial charge in [-0.1, -0.05) is 31.7 Å². The van der Waals surface area contributed by atoms with Crippen LogP contribution in [0.5, 0.6) is 0 Å². The molecule has 0 unspecified atom stereocenters. The first kappa shape index (κ1) is 22.0. The van der Waals surface area contributed by atoms with E-state index in [4.69, 9.17) is 4.98 Å². The highest BCUT2D eigenvalue weighted by Crippen LogP contribution is 2.34. The third-order valence-electron chi connectivity index (χ3n) is 5.71. The van der Waals surface area contributed by atoms with Crippen molar-refractivity contribution in [2.75, 3.05) is 6.54 Å². The molecule has 6 nitrogen and oxygen atoms in total. The summed E-state index contributed by atoms with van der Waals surface area (Å²) < 4.78 is 0. The number of nitrogens with one attached hydrogen (secondary N) is 3. The highest BCUT2D eigenvalue weighted by atomic mass is 32.1. The van der Waals surface area contributed by atoms with Crippen molar-refractivity contribution in [2.45, 2.75) is 20.4 Å². The first-order chi connectivity index (χ1) is 16.7. The van der Waals surface area contributed by atoms with E-state index in [2.05, 4.69) is 81.6 Å². The topological polar surface area (TPSA) is 82.3 Å². The molecule has 0 fully saturated rings. The Balaban J connectivity index is 1.55. The van der Waals surface area contributed by atoms with Crippen LogP contribution in [0.2, 0.25) is 0 Å². The fraction of sp³-hybridized carbons (Fsp3) is 0.148. The van der Waals surface area contributed by atoms with E-state index in [9.17, 15) is 0 Å². The molecule has 0 aromatic carbocycles. The predicted octanol–water partition coefficient (Wildman–Crippen LogP) is 6.11. The molecule has 0 aliphatic heterocycles. The highest BCUT2D eigenvalue weighted by molar-refractivity contribution is 7.11. The highest BCUT2D eigenvalue weighted by Gasteiger charge is 2.17. The Morgan fingerprint density at radius 1 is 1.21 bits per heavy atom. The summed E-state index contributed by atoms with van der Waals surface area (Å²) in [6, 6.07) is 12.5. The molecule has 0 spiro atoms. The average Bonchev–Trinajstić information content (AvgIpc) is 3.61. The Morgan fingerprint density at radius 2 is 2.12 bits per heavy atom. The smallest absolute Gasteiger partial charge is 0.135 e. The first-order valence-electron chi connectivity index (χ1n) is 11.2. The van der Waals surface area contributed by atoms with Gasteiger partial charge in [0.1, 0.15) is 11.2 Å². The standard InChI is InChI=1S/C27H26N6S/c1-4-7-20(25-8-6-11-34-25)21-13-24(30-17(21)3)27-26-23(32-33-27)10-9-22(31-26)19-12-18(14-28-5-2)15-29-16-19/h4,6-13,15-16,28,30H,1,5,14H2,2-3H3,(H,32,33)/b20-7+. The summed E-state index contributed by atoms with van der Waals surface area (Å²) in [5.74, 6) is 0. The molecular weight excluding hydrogens is 440 g/mol. The summed E-state index contributed by atoms with van der Waals surface area (Å²) >= 11 is 1.71. The number of aromatic amines is 2. The van der Waals surface area contributed by atoms with Crippen LogP contribution >= 0.6 is 11.3 Å². The van der Waals surface area contributed by atoms with Crippen molar-refractivity contribution in [3.8, 4) is 22.6 Å². The monoisotopic (exact) mass is 466 g/mol. The van der Waals surface area contributed by atoms with Gasteiger partial charge in [0.2, 0.25) is 0 Å². The lowest BCUT2D eigenvalue weighted by atomic mass is 10.0. The van der Waals surface area contributed by atoms with Gasteiger partial charge in [0.05, 0.1) is 16.9 Å². The van der Waals surface area contributed by atoms with E-state index in [-0.39, 0.29) is 0 Å². The van der Waals surface area contributed by atoms with Gasteiger partial charge in [-0.2, -0.15) is 5.10 Å². The van der Waals surface area contributed by atoms with Crippen LogP contribution in [0.25, 0.3) is 39.3 Å². The predicted molar refractivity (Wildman–Crippen MR) is 141 cm³/mol. The van der Waals surface area contributed by atoms with Crippen molar-refractivity contribution in [3.05, 3.63) is 94.6 Å². The normalized spacial score (nSPS) is 11.9. The molecule has 5 aromatic rings. The molecule has 34 heavy (non-hydrogen) atoms. The number of hydrogen-bond acceptors (Lipinski definition) is 5. The van der Waals surface area contributed by atoms with Gasteiger partial charge in [-0.25, -0.2) is 4.98 Å². The molecule has 0 aliphatic carbocycles. The van der Waals surface area contributed by atoms with Crippen molar-refractivity contribution >= 4 is 27.9 Å². The maximum absolute atomic E-state index is 4.97. The summed E-state index contributed by atoms with van der Waals surface area (Å²) in [5.41, 5.74) is 9.78. The molecule has 7 heteroatoms. The van der Waals surface area contributed by atoms with E-state index >= 15 is 0 Å². The van der Waals surface area contributed by atoms with Crippen molar-refractivity contribution in [1.29, 1.82) is 0 Å². The van der Waals surface area contributed by atoms with Crippen LogP contribution in [0.3, 0.4) is 0 Å². The van der Waals surface area contributed by atoms with E-state index in [1.165, 1.54) is 4.88 Å². The van der Waals surface area contributed by atoms with Crippen molar-refractivity contribution in [2.24, 2.45) is 0 Å². The Morgan fingerprint density at radius 3 is 2.91 bits per heavy atom. The number of rotatable bonds is 8. The lowest BCUT2D eigenvalue weighted by molar-refractivity contribution is 0.724. The lowest BCUT2D eigenvalue weighted by Gasteiger charge is -2.05. The van der Waals surface area contributed by atoms with E-state index in [0.717, 1.165) is 69.2 Å². The fourth-order valence-corrected chi connectivity index (χ4v) is 4.83. The first-order valence-corrected chi connectivity index (χ1v) is 12.1. The molecule has 0 saturated carbocycles. The number of hydrogen-bond donors (Lipinski definition) is 3. The van der Waals surface area contributed by atoms with Gasteiger partial charge in [0.15, 0.2) is 0 Å². The zero-order valence-electron chi connectivity index (χ0n) is 19.2. The van der Waals surface area contributed by atoms with Crippen LogP contribution in [0.15, 0.2) is 72.9 Å². The molecule has 0 atom stereocenters. The summed E-state index contributed by atoms with van der Waals surface area (Å²) in [7, 11) is 0. The summed E-state index contributed by atoms with van der Waals surface area (Å²) in [5, 5.41) is 13.2. The molecular formula is C27H26N6S. The quantitative estimate of drug-likeness (QED) is 0.241. The number of H-pyrrole nitrogens is 2. The number of aromatic nitrogens is 5. The third kappa shape index (κ3) is 4.23. The average molecular weight is 467 g/mol. The Bertz CT molecular complexity index is 1470. The molecule has 0 radical (unpaired) electrons. The molecule has 0 saturated heterocycles. The number of allylic oxidation sites excluding steroid dienone is 2. The van der Waals surface area contributed by atoms with Crippen LogP contribution in [0, 0.1) is 6.92 Å². The van der Waals surface area contributed by atoms with Crippen molar-refractivity contribution in [3.63, 3.8) is 0 Å². The Kier molecular flexibility index (Phi) is 6.20. The van der Waals surface area contributed by atoms with Crippen LogP contribution in [-0.4, -0.2) is 31.7 Å². The van der Waals surface area contributed by atoms with Gasteiger partial charge in [-0.15, -0.1) is 11.3 Å². The second-order valence-electron chi connectivity index (χ2n) is 8.04. The largest absolute Gasteiger partial charge is 0.357 e. The summed E-state index contributed by atoms with van der Waals surface area (Å²) in [4.78, 5) is 14.1. The number of pyridine rings is 2. The van der Waals surface area contributed by atoms with Crippen molar-refractivity contribution < 1.29 is 0 Å². The molecule has 0 bridgehead atoms. The molecule has 3 N–H and O–H groups in total. The molecule has 5 heterocycles. The minimum absolute atomic E-state index is 0.784. The maximum Gasteiger partial charge on any atom is 0.135 e. The molecule has 5 rings (SSSR count). The number of aryl methyl sites for hydroxylation is 1. The minimum Gasteiger partial charge on any atom is -0.357 e. The van der Waals surface area contributed by atoms with E-state index in [1.807, 2.05) is 30.6 Å². The Hall–Kier alpha value is -3.81. The lowest BCUT2D eigenvalue weighted by Crippen LogP contribution is -2.11. The Labute approximate surface area is 202 Å².